The Kier molecular flexibility index (Phi) is 15.1. The molecule has 5 aromatic rings. The zero-order valence-electron chi connectivity index (χ0n) is 36.1. The van der Waals surface area contributed by atoms with Crippen LogP contribution in [-0.4, -0.2) is 65.2 Å². The van der Waals surface area contributed by atoms with Crippen molar-refractivity contribution in [2.45, 2.75) is 90.3 Å². The highest BCUT2D eigenvalue weighted by atomic mass is 31.2. The average molecular weight is 846 g/mol. The van der Waals surface area contributed by atoms with Crippen molar-refractivity contribution < 1.29 is 28.1 Å². The van der Waals surface area contributed by atoms with Gasteiger partial charge in [-0.2, -0.15) is 10.2 Å². The van der Waals surface area contributed by atoms with E-state index in [-0.39, 0.29) is 49.2 Å². The summed E-state index contributed by atoms with van der Waals surface area (Å²) < 4.78 is 35.8. The molecule has 1 fully saturated rings. The molecule has 0 radical (unpaired) electrons. The molecule has 1 aliphatic rings. The van der Waals surface area contributed by atoms with Crippen molar-refractivity contribution >= 4 is 20.3 Å². The smallest absolute Gasteiger partial charge is 0.351 e. The maximum atomic E-state index is 14.0. The van der Waals surface area contributed by atoms with Gasteiger partial charge < -0.3 is 28.6 Å². The Morgan fingerprint density at radius 3 is 1.95 bits per heavy atom. The maximum absolute atomic E-state index is 14.0. The second-order valence-electron chi connectivity index (χ2n) is 15.7. The van der Waals surface area contributed by atoms with E-state index >= 15 is 0 Å². The molecule has 61 heavy (non-hydrogen) atoms. The van der Waals surface area contributed by atoms with Gasteiger partial charge >= 0.3 is 5.69 Å². The Labute approximate surface area is 360 Å². The van der Waals surface area contributed by atoms with E-state index in [1.807, 2.05) is 48.5 Å². The summed E-state index contributed by atoms with van der Waals surface area (Å²) in [6, 6.07) is 37.6. The topological polar surface area (TPSA) is 137 Å². The van der Waals surface area contributed by atoms with Crippen LogP contribution < -0.4 is 20.5 Å². The lowest BCUT2D eigenvalue weighted by molar-refractivity contribution is -0.0547. The molecule has 12 nitrogen and oxygen atoms in total. The lowest BCUT2D eigenvalue weighted by Crippen LogP contribution is -2.46. The summed E-state index contributed by atoms with van der Waals surface area (Å²) in [7, 11) is 1.59. The van der Waals surface area contributed by atoms with Gasteiger partial charge in [0.25, 0.3) is 14.4 Å². The van der Waals surface area contributed by atoms with E-state index in [0.717, 1.165) is 28.2 Å². The minimum atomic E-state index is -1.71. The fourth-order valence-electron chi connectivity index (χ4n) is 8.40. The highest BCUT2D eigenvalue weighted by molar-refractivity contribution is 7.44. The van der Waals surface area contributed by atoms with Crippen molar-refractivity contribution in [3.8, 4) is 17.6 Å². The van der Waals surface area contributed by atoms with Gasteiger partial charge in [-0.1, -0.05) is 79.7 Å². The van der Waals surface area contributed by atoms with Crippen LogP contribution >= 0.6 is 8.53 Å². The normalized spacial score (nSPS) is 17.6. The maximum Gasteiger partial charge on any atom is 0.351 e. The largest absolute Gasteiger partial charge is 0.497 e. The number of anilines is 1. The first-order valence-electron chi connectivity index (χ1n) is 20.6. The van der Waals surface area contributed by atoms with Crippen molar-refractivity contribution in [3.63, 3.8) is 0 Å². The second kappa shape index (κ2) is 20.4. The van der Waals surface area contributed by atoms with Crippen LogP contribution in [0.25, 0.3) is 0 Å². The lowest BCUT2D eigenvalue weighted by Gasteiger charge is -2.45. The number of aromatic nitrogens is 2. The number of hydrogen-bond donors (Lipinski definition) is 1. The SMILES string of the molecule is COc1ccc(C(c2ccccc2)(c2ccc(OC)cc2)[C@H](C)[C@@H]2O[C@@H](n3cc(C)c(NC(=O)c4ccccc4)nc3=O)C[C@H]2OP(OCCC#N)N(C(C)C)C(C)C)cc1. The summed E-state index contributed by atoms with van der Waals surface area (Å²) >= 11 is 0. The number of benzene rings is 4. The van der Waals surface area contributed by atoms with Crippen LogP contribution in [0.2, 0.25) is 0 Å². The van der Waals surface area contributed by atoms with Gasteiger partial charge in [0.1, 0.15) is 23.5 Å². The lowest BCUT2D eigenvalue weighted by atomic mass is 9.60. The molecule has 0 bridgehead atoms. The molecular formula is C48H56N5O7P. The van der Waals surface area contributed by atoms with Gasteiger partial charge in [-0.25, -0.2) is 9.46 Å². The summed E-state index contributed by atoms with van der Waals surface area (Å²) in [5.41, 5.74) is 2.63. The summed E-state index contributed by atoms with van der Waals surface area (Å²) in [6.45, 7) is 12.5. The monoisotopic (exact) mass is 845 g/mol. The van der Waals surface area contributed by atoms with Crippen LogP contribution in [-0.2, 0) is 19.2 Å². The van der Waals surface area contributed by atoms with Crippen molar-refractivity contribution in [1.82, 2.24) is 14.2 Å². The third-order valence-electron chi connectivity index (χ3n) is 11.2. The van der Waals surface area contributed by atoms with Gasteiger partial charge in [-0.3, -0.25) is 9.36 Å². The molecule has 0 saturated carbocycles. The predicted octanol–water partition coefficient (Wildman–Crippen LogP) is 9.44. The van der Waals surface area contributed by atoms with E-state index in [0.29, 0.717) is 11.1 Å². The van der Waals surface area contributed by atoms with Crippen LogP contribution in [0.1, 0.15) is 86.3 Å². The van der Waals surface area contributed by atoms with Crippen molar-refractivity contribution in [2.75, 3.05) is 26.1 Å². The number of rotatable bonds is 18. The first kappa shape index (κ1) is 45.1. The number of carbonyl (C=O) groups excluding carboxylic acids is 1. The molecule has 1 aliphatic heterocycles. The molecule has 1 saturated heterocycles. The highest BCUT2D eigenvalue weighted by Gasteiger charge is 2.52. The first-order chi connectivity index (χ1) is 29.4. The number of carbonyl (C=O) groups is 1. The third kappa shape index (κ3) is 9.88. The number of nitrogens with one attached hydrogen (secondary N) is 1. The Hall–Kier alpha value is -5.41. The Morgan fingerprint density at radius 2 is 1.43 bits per heavy atom. The number of amides is 1. The molecule has 1 amide bonds. The first-order valence-corrected chi connectivity index (χ1v) is 21.8. The molecule has 1 N–H and O–H groups in total. The summed E-state index contributed by atoms with van der Waals surface area (Å²) in [5, 5.41) is 12.3. The van der Waals surface area contributed by atoms with E-state index in [1.54, 1.807) is 51.6 Å². The zero-order valence-corrected chi connectivity index (χ0v) is 37.0. The molecule has 6 rings (SSSR count). The number of ether oxygens (including phenoxy) is 3. The van der Waals surface area contributed by atoms with Crippen LogP contribution in [0.15, 0.2) is 120 Å². The van der Waals surface area contributed by atoms with E-state index in [2.05, 4.69) is 92.1 Å². The summed E-state index contributed by atoms with van der Waals surface area (Å²) in [6.07, 6.45) is 0.143. The van der Waals surface area contributed by atoms with Gasteiger partial charge in [-0.05, 0) is 87.7 Å². The van der Waals surface area contributed by atoms with Crippen LogP contribution in [0.4, 0.5) is 5.82 Å². The summed E-state index contributed by atoms with van der Waals surface area (Å²) in [4.78, 5) is 31.5. The molecule has 320 valence electrons. The molecule has 5 atom stereocenters. The Morgan fingerprint density at radius 1 is 0.885 bits per heavy atom. The van der Waals surface area contributed by atoms with E-state index in [1.165, 1.54) is 4.57 Å². The van der Waals surface area contributed by atoms with Crippen LogP contribution in [0.3, 0.4) is 0 Å². The molecule has 4 aromatic carbocycles. The van der Waals surface area contributed by atoms with Crippen molar-refractivity contribution in [2.24, 2.45) is 5.92 Å². The van der Waals surface area contributed by atoms with E-state index in [4.69, 9.17) is 23.3 Å². The van der Waals surface area contributed by atoms with E-state index in [9.17, 15) is 14.9 Å². The van der Waals surface area contributed by atoms with Crippen LogP contribution in [0, 0.1) is 24.2 Å². The molecule has 13 heteroatoms. The average Bonchev–Trinajstić information content (AvgIpc) is 3.69. The summed E-state index contributed by atoms with van der Waals surface area (Å²) in [5.74, 6) is 0.890. The minimum Gasteiger partial charge on any atom is -0.497 e. The number of methoxy groups -OCH3 is 2. The number of aryl methyl sites for hydroxylation is 1. The van der Waals surface area contributed by atoms with Gasteiger partial charge in [-0.15, -0.1) is 0 Å². The second-order valence-corrected chi connectivity index (χ2v) is 17.1. The minimum absolute atomic E-state index is 0.0531. The molecule has 0 aliphatic carbocycles. The molecule has 0 spiro atoms. The molecular weight excluding hydrogens is 790 g/mol. The number of nitriles is 1. The molecule has 2 heterocycles. The van der Waals surface area contributed by atoms with Gasteiger partial charge in [0.15, 0.2) is 0 Å². The molecule has 1 unspecified atom stereocenters. The fraction of sp³-hybridized carbons (Fsp3) is 0.375. The Bertz CT molecular complexity index is 2240. The van der Waals surface area contributed by atoms with Gasteiger partial charge in [0.2, 0.25) is 0 Å². The predicted molar refractivity (Wildman–Crippen MR) is 238 cm³/mol. The standard InChI is InChI=1S/C48H56N5O7P/c1-32(2)53(33(3)4)61(58-29-15-28-49)60-42-30-43(52-31-34(5)45(51-47(52)55)50-46(54)36-16-11-9-12-17-36)59-44(42)35(6)48(37-18-13-10-14-19-37,38-20-24-40(56-7)25-21-38)39-22-26-41(57-8)27-23-39/h9-14,16-27,31-33,35,42-44H,15,29-30H2,1-8H3,(H,50,51,54,55)/t35-,42-,43-,44+,61?/m1/s1. The van der Waals surface area contributed by atoms with Crippen LogP contribution in [0.5, 0.6) is 11.5 Å². The third-order valence-corrected chi connectivity index (χ3v) is 13.4. The quantitative estimate of drug-likeness (QED) is 0.0516. The van der Waals surface area contributed by atoms with E-state index < -0.39 is 38.1 Å². The number of nitrogens with zero attached hydrogens (tertiary/aromatic N) is 4. The number of hydrogen-bond acceptors (Lipinski definition) is 10. The van der Waals surface area contributed by atoms with Crippen molar-refractivity contribution in [3.05, 3.63) is 154 Å². The zero-order chi connectivity index (χ0) is 43.7. The van der Waals surface area contributed by atoms with Gasteiger partial charge in [0.05, 0.1) is 50.9 Å². The van der Waals surface area contributed by atoms with Crippen molar-refractivity contribution in [1.29, 1.82) is 5.26 Å². The Balaban J connectivity index is 1.50. The highest BCUT2D eigenvalue weighted by Crippen LogP contribution is 2.55. The van der Waals surface area contributed by atoms with Gasteiger partial charge in [0, 0.05) is 41.7 Å². The molecule has 1 aromatic heterocycles. The fourth-order valence-corrected chi connectivity index (χ4v) is 10.1.